The average Bonchev–Trinajstić information content (AvgIpc) is 3.21. The summed E-state index contributed by atoms with van der Waals surface area (Å²) in [5, 5.41) is 0. The van der Waals surface area contributed by atoms with Crippen molar-refractivity contribution >= 4 is 27.5 Å². The van der Waals surface area contributed by atoms with Crippen molar-refractivity contribution < 1.29 is 4.79 Å². The van der Waals surface area contributed by atoms with E-state index in [1.165, 1.54) is 22.5 Å². The van der Waals surface area contributed by atoms with Gasteiger partial charge in [0.1, 0.15) is 10.3 Å². The van der Waals surface area contributed by atoms with Gasteiger partial charge in [0, 0.05) is 39.1 Å². The Kier molecular flexibility index (Phi) is 4.89. The van der Waals surface area contributed by atoms with Crippen LogP contribution in [0.1, 0.15) is 27.2 Å². The zero-order valence-corrected chi connectivity index (χ0v) is 16.1. The summed E-state index contributed by atoms with van der Waals surface area (Å²) in [5.74, 6) is 0.112. The van der Waals surface area contributed by atoms with Crippen molar-refractivity contribution in [2.24, 2.45) is 0 Å². The van der Waals surface area contributed by atoms with Gasteiger partial charge in [-0.3, -0.25) is 9.69 Å². The number of Topliss-reactive ketones (excluding diaryl/α,β-unsaturated/α-hetero) is 1. The predicted octanol–water partition coefficient (Wildman–Crippen LogP) is 3.11. The van der Waals surface area contributed by atoms with Crippen LogP contribution in [0, 0.1) is 6.92 Å². The monoisotopic (exact) mass is 368 g/mol. The first-order chi connectivity index (χ1) is 12.6. The van der Waals surface area contributed by atoms with Crippen LogP contribution in [0.25, 0.3) is 10.3 Å². The molecule has 3 aromatic rings. The van der Waals surface area contributed by atoms with Crippen LogP contribution < -0.4 is 0 Å². The first-order valence-electron chi connectivity index (χ1n) is 9.03. The average molecular weight is 369 g/mol. The van der Waals surface area contributed by atoms with E-state index in [0.29, 0.717) is 12.1 Å². The number of hydrogen-bond acceptors (Lipinski definition) is 5. The molecule has 6 heteroatoms. The summed E-state index contributed by atoms with van der Waals surface area (Å²) in [6.07, 6.45) is 0.420. The number of ketones is 1. The summed E-state index contributed by atoms with van der Waals surface area (Å²) < 4.78 is 0. The van der Waals surface area contributed by atoms with Gasteiger partial charge in [0.05, 0.1) is 11.2 Å². The lowest BCUT2D eigenvalue weighted by molar-refractivity contribution is 0.0989. The number of rotatable bonds is 5. The molecule has 1 saturated heterocycles. The summed E-state index contributed by atoms with van der Waals surface area (Å²) in [7, 11) is 2.18. The third-order valence-corrected chi connectivity index (χ3v) is 5.94. The van der Waals surface area contributed by atoms with Gasteiger partial charge in [-0.15, -0.1) is 11.3 Å². The minimum atomic E-state index is 0.112. The maximum absolute atomic E-state index is 12.6. The van der Waals surface area contributed by atoms with Crippen LogP contribution in [-0.4, -0.2) is 58.8 Å². The molecule has 0 unspecified atom stereocenters. The smallest absolute Gasteiger partial charge is 0.183 e. The number of carbonyl (C=O) groups excluding carboxylic acids is 1. The van der Waals surface area contributed by atoms with Gasteiger partial charge in [0.15, 0.2) is 5.78 Å². The van der Waals surface area contributed by atoms with Crippen molar-refractivity contribution in [3.63, 3.8) is 0 Å². The Bertz CT molecular complexity index is 892. The number of aromatic amines is 1. The number of fused-ring (bicyclic) bond motifs is 1. The van der Waals surface area contributed by atoms with Gasteiger partial charge in [-0.1, -0.05) is 18.2 Å². The summed E-state index contributed by atoms with van der Waals surface area (Å²) in [6, 6.07) is 8.29. The molecule has 0 atom stereocenters. The second kappa shape index (κ2) is 7.31. The van der Waals surface area contributed by atoms with Crippen LogP contribution in [0.15, 0.2) is 29.8 Å². The van der Waals surface area contributed by atoms with E-state index < -0.39 is 0 Å². The van der Waals surface area contributed by atoms with Crippen molar-refractivity contribution in [2.75, 3.05) is 33.2 Å². The molecule has 0 bridgehead atoms. The second-order valence-corrected chi connectivity index (χ2v) is 8.04. The third kappa shape index (κ3) is 3.72. The highest BCUT2D eigenvalue weighted by atomic mass is 32.1. The minimum Gasteiger partial charge on any atom is -0.342 e. The maximum atomic E-state index is 12.6. The number of thiazole rings is 1. The lowest BCUT2D eigenvalue weighted by Crippen LogP contribution is -2.43. The van der Waals surface area contributed by atoms with Crippen molar-refractivity contribution in [1.29, 1.82) is 0 Å². The largest absolute Gasteiger partial charge is 0.342 e. The Morgan fingerprint density at radius 3 is 2.77 bits per heavy atom. The molecule has 0 radical (unpaired) electrons. The molecule has 3 heterocycles. The Hall–Kier alpha value is -2.02. The van der Waals surface area contributed by atoms with Crippen LogP contribution >= 0.6 is 11.3 Å². The number of aromatic nitrogens is 2. The van der Waals surface area contributed by atoms with Gasteiger partial charge in [0.2, 0.25) is 0 Å². The Morgan fingerprint density at radius 2 is 2.04 bits per heavy atom. The van der Waals surface area contributed by atoms with Gasteiger partial charge < -0.3 is 9.88 Å². The fraction of sp³-hybridized carbons (Fsp3) is 0.400. The van der Waals surface area contributed by atoms with Crippen LogP contribution in [0.4, 0.5) is 0 Å². The van der Waals surface area contributed by atoms with Gasteiger partial charge >= 0.3 is 0 Å². The molecule has 5 nitrogen and oxygen atoms in total. The fourth-order valence-electron chi connectivity index (χ4n) is 3.47. The van der Waals surface area contributed by atoms with E-state index >= 15 is 0 Å². The number of nitrogens with zero attached hydrogens (tertiary/aromatic N) is 3. The summed E-state index contributed by atoms with van der Waals surface area (Å²) in [5.41, 5.74) is 7.01. The quantitative estimate of drug-likeness (QED) is 0.703. The Balaban J connectivity index is 1.42. The van der Waals surface area contributed by atoms with E-state index in [1.54, 1.807) is 5.51 Å². The molecule has 1 N–H and O–H groups in total. The van der Waals surface area contributed by atoms with Crippen molar-refractivity contribution in [3.05, 3.63) is 52.2 Å². The fourth-order valence-corrected chi connectivity index (χ4v) is 4.14. The molecular formula is C20H24N4OS. The molecule has 1 aromatic carbocycles. The number of likely N-dealkylation sites (N-methyl/N-ethyl adjacent to an activating group) is 1. The molecular weight excluding hydrogens is 344 g/mol. The number of hydrogen-bond donors (Lipinski definition) is 1. The van der Waals surface area contributed by atoms with Crippen molar-refractivity contribution in [3.8, 4) is 0 Å². The van der Waals surface area contributed by atoms with E-state index in [1.807, 2.05) is 6.07 Å². The van der Waals surface area contributed by atoms with E-state index in [4.69, 9.17) is 0 Å². The van der Waals surface area contributed by atoms with E-state index in [-0.39, 0.29) is 5.78 Å². The molecule has 1 aliphatic heterocycles. The zero-order chi connectivity index (χ0) is 18.1. The van der Waals surface area contributed by atoms with E-state index in [0.717, 1.165) is 48.6 Å². The molecule has 4 rings (SSSR count). The van der Waals surface area contributed by atoms with Crippen LogP contribution in [0.2, 0.25) is 0 Å². The minimum absolute atomic E-state index is 0.112. The van der Waals surface area contributed by atoms with Gasteiger partial charge in [-0.25, -0.2) is 4.98 Å². The van der Waals surface area contributed by atoms with Crippen LogP contribution in [0.5, 0.6) is 0 Å². The Labute approximate surface area is 157 Å². The molecule has 0 saturated carbocycles. The van der Waals surface area contributed by atoms with Crippen molar-refractivity contribution in [2.45, 2.75) is 19.9 Å². The van der Waals surface area contributed by atoms with Gasteiger partial charge in [-0.2, -0.15) is 0 Å². The van der Waals surface area contributed by atoms with E-state index in [9.17, 15) is 4.79 Å². The number of aryl methyl sites for hydroxylation is 1. The first kappa shape index (κ1) is 17.4. The molecule has 0 amide bonds. The van der Waals surface area contributed by atoms with Crippen LogP contribution in [0.3, 0.4) is 0 Å². The molecule has 2 aromatic heterocycles. The van der Waals surface area contributed by atoms with Gasteiger partial charge in [-0.05, 0) is 36.7 Å². The molecule has 1 fully saturated rings. The lowest BCUT2D eigenvalue weighted by atomic mass is 10.0. The van der Waals surface area contributed by atoms with Crippen LogP contribution in [-0.2, 0) is 13.0 Å². The van der Waals surface area contributed by atoms with E-state index in [2.05, 4.69) is 51.9 Å². The summed E-state index contributed by atoms with van der Waals surface area (Å²) in [6.45, 7) is 7.64. The topological polar surface area (TPSA) is 52.2 Å². The molecule has 1 aliphatic rings. The standard InChI is InChI=1S/C20H24N4OS/c1-14-9-15(3-4-16(14)12-24-7-5-23(2)6-8-24)10-19(25)17-11-18-20(22-17)26-13-21-18/h3-4,9,11,13,22H,5-8,10,12H2,1-2H3. The number of carbonyl (C=O) groups is 1. The number of benzene rings is 1. The molecule has 136 valence electrons. The summed E-state index contributed by atoms with van der Waals surface area (Å²) in [4.78, 5) is 25.8. The SMILES string of the molecule is Cc1cc(CC(=O)c2cc3ncsc3[nH]2)ccc1CN1CCN(C)CC1. The van der Waals surface area contributed by atoms with Crippen molar-refractivity contribution in [1.82, 2.24) is 19.8 Å². The highest BCUT2D eigenvalue weighted by molar-refractivity contribution is 7.16. The number of piperazine rings is 1. The number of H-pyrrole nitrogens is 1. The first-order valence-corrected chi connectivity index (χ1v) is 9.91. The lowest BCUT2D eigenvalue weighted by Gasteiger charge is -2.32. The molecule has 26 heavy (non-hydrogen) atoms. The van der Waals surface area contributed by atoms with Gasteiger partial charge in [0.25, 0.3) is 0 Å². The Morgan fingerprint density at radius 1 is 1.23 bits per heavy atom. The summed E-state index contributed by atoms with van der Waals surface area (Å²) >= 11 is 1.53. The maximum Gasteiger partial charge on any atom is 0.183 e. The molecule has 0 aliphatic carbocycles. The third-order valence-electron chi connectivity index (χ3n) is 5.19. The molecule has 0 spiro atoms. The zero-order valence-electron chi connectivity index (χ0n) is 15.3. The second-order valence-electron chi connectivity index (χ2n) is 7.19. The predicted molar refractivity (Wildman–Crippen MR) is 106 cm³/mol. The number of nitrogens with one attached hydrogen (secondary N) is 1. The normalized spacial score (nSPS) is 16.4. The highest BCUT2D eigenvalue weighted by Gasteiger charge is 2.16. The highest BCUT2D eigenvalue weighted by Crippen LogP contribution is 2.20.